The van der Waals surface area contributed by atoms with Gasteiger partial charge in [0.05, 0.1) is 11.8 Å². The van der Waals surface area contributed by atoms with Crippen molar-refractivity contribution in [2.45, 2.75) is 39.5 Å². The number of amides is 5. The van der Waals surface area contributed by atoms with Crippen LogP contribution in [0.5, 0.6) is 0 Å². The zero-order chi connectivity index (χ0) is 21.4. The number of carbonyl (C=O) groups is 4. The number of carbonyl (C=O) groups excluding carboxylic acids is 4. The molecule has 0 saturated carbocycles. The minimum atomic E-state index is -0.771. The molecule has 2 atom stereocenters. The number of hydrogen-bond acceptors (Lipinski definition) is 5. The number of rotatable bonds is 10. The number of hydroxylamine groups is 1. The van der Waals surface area contributed by atoms with Gasteiger partial charge in [-0.2, -0.15) is 0 Å². The molecule has 0 spiro atoms. The van der Waals surface area contributed by atoms with Gasteiger partial charge in [0, 0.05) is 0 Å². The predicted molar refractivity (Wildman–Crippen MR) is 104 cm³/mol. The molecule has 2 rings (SSSR count). The monoisotopic (exact) mass is 404 g/mol. The van der Waals surface area contributed by atoms with Crippen LogP contribution in [0.15, 0.2) is 30.3 Å². The van der Waals surface area contributed by atoms with Crippen LogP contribution in [0.25, 0.3) is 0 Å². The van der Waals surface area contributed by atoms with E-state index in [4.69, 9.17) is 0 Å². The highest BCUT2D eigenvalue weighted by molar-refractivity contribution is 6.02. The standard InChI is InChI=1S/C20H28N4O5/c1-13(2)11-16(18(26)22-24-12-17(25)21-20(24)28)15(19(27)23-29)10-6-9-14-7-4-3-5-8-14/h3-5,7-8,13,15-16,29H,6,9-12H2,1-2H3,(H,22,26)(H,23,27)(H,21,25,28)/t15-,16+/m0/s1. The van der Waals surface area contributed by atoms with Crippen LogP contribution in [-0.4, -0.2) is 40.5 Å². The second-order valence-corrected chi connectivity index (χ2v) is 7.61. The Morgan fingerprint density at radius 2 is 1.83 bits per heavy atom. The van der Waals surface area contributed by atoms with E-state index in [2.05, 4.69) is 10.7 Å². The first-order valence-electron chi connectivity index (χ1n) is 9.71. The quantitative estimate of drug-likeness (QED) is 0.266. The molecule has 1 aliphatic rings. The summed E-state index contributed by atoms with van der Waals surface area (Å²) in [5, 5.41) is 12.2. The SMILES string of the molecule is CC(C)C[C@@H](C(=O)NN1CC(=O)NC1=O)[C@H](CCCc1ccccc1)C(=O)NO. The molecule has 9 nitrogen and oxygen atoms in total. The molecule has 0 unspecified atom stereocenters. The van der Waals surface area contributed by atoms with Crippen molar-refractivity contribution < 1.29 is 24.4 Å². The van der Waals surface area contributed by atoms with E-state index in [9.17, 15) is 24.4 Å². The molecule has 158 valence electrons. The zero-order valence-corrected chi connectivity index (χ0v) is 16.7. The molecule has 1 saturated heterocycles. The minimum Gasteiger partial charge on any atom is -0.289 e. The van der Waals surface area contributed by atoms with Gasteiger partial charge in [0.1, 0.15) is 6.54 Å². The molecule has 29 heavy (non-hydrogen) atoms. The number of benzene rings is 1. The molecule has 9 heteroatoms. The van der Waals surface area contributed by atoms with Gasteiger partial charge in [0.2, 0.25) is 17.7 Å². The van der Waals surface area contributed by atoms with E-state index < -0.39 is 35.6 Å². The minimum absolute atomic E-state index is 0.0999. The number of aryl methyl sites for hydroxylation is 1. The van der Waals surface area contributed by atoms with E-state index in [1.807, 2.05) is 44.2 Å². The third kappa shape index (κ3) is 6.56. The second kappa shape index (κ2) is 10.6. The van der Waals surface area contributed by atoms with Gasteiger partial charge in [-0.15, -0.1) is 0 Å². The normalized spacial score (nSPS) is 15.8. The van der Waals surface area contributed by atoms with Gasteiger partial charge < -0.3 is 0 Å². The lowest BCUT2D eigenvalue weighted by Crippen LogP contribution is -2.50. The van der Waals surface area contributed by atoms with E-state index >= 15 is 0 Å². The van der Waals surface area contributed by atoms with Crippen LogP contribution in [0.1, 0.15) is 38.7 Å². The van der Waals surface area contributed by atoms with E-state index in [1.165, 1.54) is 0 Å². The van der Waals surface area contributed by atoms with E-state index in [1.54, 1.807) is 5.48 Å². The Bertz CT molecular complexity index is 738. The fraction of sp³-hybridized carbons (Fsp3) is 0.500. The molecule has 4 N–H and O–H groups in total. The average Bonchev–Trinajstić information content (AvgIpc) is 3.00. The maximum absolute atomic E-state index is 12.9. The summed E-state index contributed by atoms with van der Waals surface area (Å²) in [5.74, 6) is -3.11. The van der Waals surface area contributed by atoms with Gasteiger partial charge in [0.15, 0.2) is 0 Å². The third-order valence-electron chi connectivity index (χ3n) is 4.86. The Labute approximate surface area is 169 Å². The second-order valence-electron chi connectivity index (χ2n) is 7.61. The van der Waals surface area contributed by atoms with Gasteiger partial charge in [0.25, 0.3) is 0 Å². The number of imide groups is 1. The Hall–Kier alpha value is -2.94. The summed E-state index contributed by atoms with van der Waals surface area (Å²) >= 11 is 0. The van der Waals surface area contributed by atoms with Crippen LogP contribution in [0.2, 0.25) is 0 Å². The molecule has 1 heterocycles. The lowest BCUT2D eigenvalue weighted by molar-refractivity contribution is -0.142. The number of nitrogens with one attached hydrogen (secondary N) is 3. The Morgan fingerprint density at radius 1 is 1.14 bits per heavy atom. The van der Waals surface area contributed by atoms with Crippen LogP contribution < -0.4 is 16.2 Å². The van der Waals surface area contributed by atoms with Crippen LogP contribution >= 0.6 is 0 Å². The molecule has 1 aliphatic heterocycles. The van der Waals surface area contributed by atoms with Crippen molar-refractivity contribution in [3.05, 3.63) is 35.9 Å². The van der Waals surface area contributed by atoms with Crippen LogP contribution in [0.3, 0.4) is 0 Å². The van der Waals surface area contributed by atoms with Crippen molar-refractivity contribution in [3.8, 4) is 0 Å². The van der Waals surface area contributed by atoms with Gasteiger partial charge in [-0.3, -0.25) is 30.3 Å². The summed E-state index contributed by atoms with van der Waals surface area (Å²) in [6, 6.07) is 9.06. The highest BCUT2D eigenvalue weighted by atomic mass is 16.5. The fourth-order valence-corrected chi connectivity index (χ4v) is 3.48. The lowest BCUT2D eigenvalue weighted by atomic mass is 9.81. The summed E-state index contributed by atoms with van der Waals surface area (Å²) in [6.45, 7) is 3.57. The summed E-state index contributed by atoms with van der Waals surface area (Å²) in [4.78, 5) is 48.3. The Morgan fingerprint density at radius 3 is 2.38 bits per heavy atom. The number of hydrazine groups is 1. The summed E-state index contributed by atoms with van der Waals surface area (Å²) < 4.78 is 0. The Kier molecular flexibility index (Phi) is 8.14. The largest absolute Gasteiger partial charge is 0.343 e. The molecule has 1 aromatic rings. The lowest BCUT2D eigenvalue weighted by Gasteiger charge is -2.28. The van der Waals surface area contributed by atoms with Crippen LogP contribution in [-0.2, 0) is 20.8 Å². The molecule has 1 aromatic carbocycles. The smallest absolute Gasteiger partial charge is 0.289 e. The van der Waals surface area contributed by atoms with Crippen LogP contribution in [0.4, 0.5) is 4.79 Å². The first kappa shape index (κ1) is 22.4. The summed E-state index contributed by atoms with van der Waals surface area (Å²) in [5.41, 5.74) is 5.22. The van der Waals surface area contributed by atoms with E-state index in [0.717, 1.165) is 17.0 Å². The molecule has 5 amide bonds. The fourth-order valence-electron chi connectivity index (χ4n) is 3.48. The predicted octanol–water partition coefficient (Wildman–Crippen LogP) is 1.38. The number of hydrogen-bond donors (Lipinski definition) is 4. The highest BCUT2D eigenvalue weighted by Crippen LogP contribution is 2.26. The first-order valence-corrected chi connectivity index (χ1v) is 9.71. The number of nitrogens with zero attached hydrogens (tertiary/aromatic N) is 1. The van der Waals surface area contributed by atoms with E-state index in [-0.39, 0.29) is 12.5 Å². The van der Waals surface area contributed by atoms with Gasteiger partial charge in [-0.25, -0.2) is 15.3 Å². The van der Waals surface area contributed by atoms with Crippen molar-refractivity contribution >= 4 is 23.8 Å². The molecule has 0 bridgehead atoms. The summed E-state index contributed by atoms with van der Waals surface area (Å²) in [6.07, 6.45) is 2.15. The molecular weight excluding hydrogens is 376 g/mol. The Balaban J connectivity index is 2.10. The van der Waals surface area contributed by atoms with Crippen molar-refractivity contribution in [1.29, 1.82) is 0 Å². The van der Waals surface area contributed by atoms with Crippen LogP contribution in [0, 0.1) is 17.8 Å². The molecule has 0 radical (unpaired) electrons. The van der Waals surface area contributed by atoms with Crippen molar-refractivity contribution in [2.75, 3.05) is 6.54 Å². The van der Waals surface area contributed by atoms with Gasteiger partial charge in [-0.1, -0.05) is 44.2 Å². The van der Waals surface area contributed by atoms with Crippen molar-refractivity contribution in [1.82, 2.24) is 21.2 Å². The van der Waals surface area contributed by atoms with E-state index in [0.29, 0.717) is 19.3 Å². The zero-order valence-electron chi connectivity index (χ0n) is 16.7. The van der Waals surface area contributed by atoms with Gasteiger partial charge >= 0.3 is 6.03 Å². The summed E-state index contributed by atoms with van der Waals surface area (Å²) in [7, 11) is 0. The topological polar surface area (TPSA) is 128 Å². The number of urea groups is 1. The van der Waals surface area contributed by atoms with Crippen molar-refractivity contribution in [2.24, 2.45) is 17.8 Å². The average molecular weight is 404 g/mol. The van der Waals surface area contributed by atoms with Crippen molar-refractivity contribution in [3.63, 3.8) is 0 Å². The molecular formula is C20H28N4O5. The third-order valence-corrected chi connectivity index (χ3v) is 4.86. The molecule has 0 aliphatic carbocycles. The first-order chi connectivity index (χ1) is 13.8. The maximum Gasteiger partial charge on any atom is 0.343 e. The maximum atomic E-state index is 12.9. The highest BCUT2D eigenvalue weighted by Gasteiger charge is 2.36. The molecule has 0 aromatic heterocycles. The van der Waals surface area contributed by atoms with Gasteiger partial charge in [-0.05, 0) is 37.2 Å². The molecule has 1 fully saturated rings.